The minimum absolute atomic E-state index is 0.287. The van der Waals surface area contributed by atoms with Gasteiger partial charge in [0.1, 0.15) is 0 Å². The second-order valence-corrected chi connectivity index (χ2v) is 8.01. The fourth-order valence-electron chi connectivity index (χ4n) is 3.69. The van der Waals surface area contributed by atoms with Gasteiger partial charge in [-0.1, -0.05) is 29.3 Å². The molecule has 1 aromatic heterocycles. The van der Waals surface area contributed by atoms with Gasteiger partial charge in [0.05, 0.1) is 12.6 Å². The van der Waals surface area contributed by atoms with E-state index in [1.165, 1.54) is 5.69 Å². The van der Waals surface area contributed by atoms with Crippen molar-refractivity contribution in [3.8, 4) is 0 Å². The highest BCUT2D eigenvalue weighted by molar-refractivity contribution is 6.36. The van der Waals surface area contributed by atoms with E-state index in [0.29, 0.717) is 28.1 Å². The number of amides is 2. The molecule has 0 radical (unpaired) electrons. The largest absolute Gasteiger partial charge is 0.394 e. The van der Waals surface area contributed by atoms with Crippen molar-refractivity contribution in [3.63, 3.8) is 0 Å². The average Bonchev–Trinajstić information content (AvgIpc) is 2.74. The Labute approximate surface area is 181 Å². The van der Waals surface area contributed by atoms with Gasteiger partial charge in [0.15, 0.2) is 0 Å². The number of pyridine rings is 1. The number of urea groups is 1. The molecule has 3 N–H and O–H groups in total. The van der Waals surface area contributed by atoms with E-state index in [4.69, 9.17) is 23.2 Å². The third kappa shape index (κ3) is 5.98. The quantitative estimate of drug-likeness (QED) is 0.612. The van der Waals surface area contributed by atoms with Crippen molar-refractivity contribution in [2.24, 2.45) is 5.92 Å². The van der Waals surface area contributed by atoms with Crippen LogP contribution >= 0.6 is 23.2 Å². The molecule has 1 unspecified atom stereocenters. The summed E-state index contributed by atoms with van der Waals surface area (Å²) < 4.78 is 0. The van der Waals surface area contributed by atoms with Crippen molar-refractivity contribution in [1.29, 1.82) is 0 Å². The first-order valence-electron chi connectivity index (χ1n) is 9.82. The van der Waals surface area contributed by atoms with E-state index < -0.39 is 6.04 Å². The summed E-state index contributed by atoms with van der Waals surface area (Å²) in [5.74, 6) is 0.583. The number of carbonyl (C=O) groups is 1. The Balaban J connectivity index is 1.41. The molecule has 0 spiro atoms. The Morgan fingerprint density at radius 2 is 1.83 bits per heavy atom. The van der Waals surface area contributed by atoms with Gasteiger partial charge in [-0.3, -0.25) is 4.98 Å². The minimum Gasteiger partial charge on any atom is -0.394 e. The van der Waals surface area contributed by atoms with Crippen LogP contribution in [0.25, 0.3) is 0 Å². The molecule has 0 saturated carbocycles. The van der Waals surface area contributed by atoms with Gasteiger partial charge in [-0.15, -0.1) is 0 Å². The molecule has 8 heteroatoms. The number of anilines is 1. The number of aliphatic hydroxyl groups is 1. The number of nitrogens with one attached hydrogen (secondary N) is 2. The topological polar surface area (TPSA) is 77.5 Å². The normalized spacial score (nSPS) is 15.8. The Morgan fingerprint density at radius 1 is 1.17 bits per heavy atom. The molecule has 2 heterocycles. The molecule has 156 valence electrons. The van der Waals surface area contributed by atoms with E-state index in [1.807, 2.05) is 24.5 Å². The van der Waals surface area contributed by atoms with E-state index >= 15 is 0 Å². The number of nitrogens with zero attached hydrogens (tertiary/aromatic N) is 2. The van der Waals surface area contributed by atoms with Crippen LogP contribution in [0.15, 0.2) is 42.7 Å². The minimum atomic E-state index is -0.653. The summed E-state index contributed by atoms with van der Waals surface area (Å²) in [6, 6.07) is 8.17. The smallest absolute Gasteiger partial charge is 0.315 e. The van der Waals surface area contributed by atoms with Crippen LogP contribution < -0.4 is 15.5 Å². The van der Waals surface area contributed by atoms with E-state index in [0.717, 1.165) is 32.4 Å². The number of carbonyl (C=O) groups excluding carboxylic acids is 1. The molecule has 0 bridgehead atoms. The molecule has 1 atom stereocenters. The molecular formula is C21H26Cl2N4O2. The highest BCUT2D eigenvalue weighted by Gasteiger charge is 2.21. The lowest BCUT2D eigenvalue weighted by Crippen LogP contribution is -2.41. The third-order valence-electron chi connectivity index (χ3n) is 5.32. The average molecular weight is 437 g/mol. The van der Waals surface area contributed by atoms with Crippen LogP contribution in [0.3, 0.4) is 0 Å². The van der Waals surface area contributed by atoms with Gasteiger partial charge in [-0.2, -0.15) is 0 Å². The summed E-state index contributed by atoms with van der Waals surface area (Å²) in [5.41, 5.74) is 1.74. The van der Waals surface area contributed by atoms with Gasteiger partial charge < -0.3 is 20.6 Å². The number of benzene rings is 1. The van der Waals surface area contributed by atoms with Crippen molar-refractivity contribution < 1.29 is 9.90 Å². The van der Waals surface area contributed by atoms with Crippen LogP contribution in [0.4, 0.5) is 10.5 Å². The number of piperidine rings is 1. The lowest BCUT2D eigenvalue weighted by molar-refractivity contribution is 0.216. The van der Waals surface area contributed by atoms with Crippen molar-refractivity contribution in [2.75, 3.05) is 31.1 Å². The van der Waals surface area contributed by atoms with Gasteiger partial charge in [-0.25, -0.2) is 4.79 Å². The Kier molecular flexibility index (Phi) is 7.98. The maximum absolute atomic E-state index is 12.3. The Bertz CT molecular complexity index is 778. The molecule has 0 aliphatic carbocycles. The summed E-state index contributed by atoms with van der Waals surface area (Å²) in [4.78, 5) is 18.7. The maximum Gasteiger partial charge on any atom is 0.315 e. The molecule has 1 aliphatic heterocycles. The van der Waals surface area contributed by atoms with Crippen LogP contribution in [0.5, 0.6) is 0 Å². The zero-order chi connectivity index (χ0) is 20.6. The standard InChI is InChI=1S/C21H26Cl2N4O2/c22-17-2-1-3-18(23)20(17)19(14-28)26-21(29)25-11-4-15-7-12-27(13-8-15)16-5-9-24-10-6-16/h1-3,5-6,9-10,15,19,28H,4,7-8,11-14H2,(H2,25,26,29). The predicted molar refractivity (Wildman–Crippen MR) is 117 cm³/mol. The number of hydrogen-bond donors (Lipinski definition) is 3. The Hall–Kier alpha value is -2.02. The number of halogens is 2. The van der Waals surface area contributed by atoms with Crippen molar-refractivity contribution >= 4 is 34.9 Å². The fraction of sp³-hybridized carbons (Fsp3) is 0.429. The molecule has 3 rings (SSSR count). The highest BCUT2D eigenvalue weighted by Crippen LogP contribution is 2.30. The van der Waals surface area contributed by atoms with Crippen LogP contribution in [0, 0.1) is 5.92 Å². The maximum atomic E-state index is 12.3. The summed E-state index contributed by atoms with van der Waals surface area (Å²) >= 11 is 12.3. The van der Waals surface area contributed by atoms with Gasteiger partial charge in [-0.05, 0) is 49.4 Å². The van der Waals surface area contributed by atoms with Crippen LogP contribution in [-0.4, -0.2) is 42.4 Å². The predicted octanol–water partition coefficient (Wildman–Crippen LogP) is 4.03. The van der Waals surface area contributed by atoms with E-state index in [-0.39, 0.29) is 12.6 Å². The molecule has 1 aromatic carbocycles. The summed E-state index contributed by atoms with van der Waals surface area (Å²) in [6.45, 7) is 2.32. The van der Waals surface area contributed by atoms with Crippen LogP contribution in [-0.2, 0) is 0 Å². The zero-order valence-corrected chi connectivity index (χ0v) is 17.7. The van der Waals surface area contributed by atoms with Crippen molar-refractivity contribution in [1.82, 2.24) is 15.6 Å². The van der Waals surface area contributed by atoms with Gasteiger partial charge >= 0.3 is 6.03 Å². The molecule has 1 aliphatic rings. The number of rotatable bonds is 7. The lowest BCUT2D eigenvalue weighted by atomic mass is 9.93. The number of hydrogen-bond acceptors (Lipinski definition) is 4. The number of aliphatic hydroxyl groups excluding tert-OH is 1. The molecule has 1 fully saturated rings. The molecule has 2 aromatic rings. The first-order chi connectivity index (χ1) is 14.1. The molecule has 29 heavy (non-hydrogen) atoms. The fourth-order valence-corrected chi connectivity index (χ4v) is 4.35. The summed E-state index contributed by atoms with van der Waals surface area (Å²) in [7, 11) is 0. The third-order valence-corrected chi connectivity index (χ3v) is 5.98. The highest BCUT2D eigenvalue weighted by atomic mass is 35.5. The zero-order valence-electron chi connectivity index (χ0n) is 16.2. The van der Waals surface area contributed by atoms with Crippen LogP contribution in [0.1, 0.15) is 30.9 Å². The SMILES string of the molecule is O=C(NCCC1CCN(c2ccncc2)CC1)NC(CO)c1c(Cl)cccc1Cl. The molecule has 6 nitrogen and oxygen atoms in total. The van der Waals surface area contributed by atoms with Gasteiger partial charge in [0.2, 0.25) is 0 Å². The van der Waals surface area contributed by atoms with E-state index in [1.54, 1.807) is 18.2 Å². The summed E-state index contributed by atoms with van der Waals surface area (Å²) in [5, 5.41) is 16.1. The van der Waals surface area contributed by atoms with Crippen molar-refractivity contribution in [3.05, 3.63) is 58.3 Å². The number of aromatic nitrogens is 1. The van der Waals surface area contributed by atoms with Gasteiger partial charge in [0, 0.05) is 53.3 Å². The van der Waals surface area contributed by atoms with E-state index in [2.05, 4.69) is 20.5 Å². The second kappa shape index (κ2) is 10.7. The van der Waals surface area contributed by atoms with Crippen LogP contribution in [0.2, 0.25) is 10.0 Å². The molecular weight excluding hydrogens is 411 g/mol. The monoisotopic (exact) mass is 436 g/mol. The first kappa shape index (κ1) is 21.7. The first-order valence-corrected chi connectivity index (χ1v) is 10.6. The van der Waals surface area contributed by atoms with E-state index in [9.17, 15) is 9.90 Å². The van der Waals surface area contributed by atoms with Crippen molar-refractivity contribution in [2.45, 2.75) is 25.3 Å². The second-order valence-electron chi connectivity index (χ2n) is 7.20. The van der Waals surface area contributed by atoms with Gasteiger partial charge in [0.25, 0.3) is 0 Å². The molecule has 1 saturated heterocycles. The molecule has 2 amide bonds. The Morgan fingerprint density at radius 3 is 2.45 bits per heavy atom. The summed E-state index contributed by atoms with van der Waals surface area (Å²) in [6.07, 6.45) is 6.76. The lowest BCUT2D eigenvalue weighted by Gasteiger charge is -2.33.